The van der Waals surface area contributed by atoms with Crippen molar-refractivity contribution in [1.29, 1.82) is 5.41 Å². The highest BCUT2D eigenvalue weighted by Gasteiger charge is 2.14. The molecule has 0 saturated heterocycles. The van der Waals surface area contributed by atoms with Crippen LogP contribution in [0.3, 0.4) is 0 Å². The van der Waals surface area contributed by atoms with Crippen LogP contribution in [0.1, 0.15) is 11.1 Å². The zero-order chi connectivity index (χ0) is 14.0. The first-order chi connectivity index (χ1) is 8.99. The summed E-state index contributed by atoms with van der Waals surface area (Å²) in [6.45, 7) is 1.85. The molecule has 0 atom stereocenters. The Morgan fingerprint density at radius 1 is 1.26 bits per heavy atom. The minimum absolute atomic E-state index is 0.0538. The van der Waals surface area contributed by atoms with Crippen LogP contribution in [0.2, 0.25) is 5.02 Å². The van der Waals surface area contributed by atoms with Crippen molar-refractivity contribution in [3.8, 4) is 11.5 Å². The summed E-state index contributed by atoms with van der Waals surface area (Å²) in [6.07, 6.45) is 0. The second kappa shape index (κ2) is 5.28. The van der Waals surface area contributed by atoms with Crippen LogP contribution in [0, 0.1) is 18.2 Å². The Balaban J connectivity index is 2.46. The zero-order valence-electron chi connectivity index (χ0n) is 10.2. The lowest BCUT2D eigenvalue weighted by molar-refractivity contribution is 0.471. The van der Waals surface area contributed by atoms with Crippen LogP contribution >= 0.6 is 11.6 Å². The fourth-order valence-corrected chi connectivity index (χ4v) is 1.82. The molecule has 0 aliphatic heterocycles. The van der Waals surface area contributed by atoms with E-state index >= 15 is 0 Å². The summed E-state index contributed by atoms with van der Waals surface area (Å²) in [5.74, 6) is -0.282. The molecule has 3 nitrogen and oxygen atoms in total. The summed E-state index contributed by atoms with van der Waals surface area (Å²) in [5, 5.41) is 7.93. The van der Waals surface area contributed by atoms with E-state index in [1.807, 2.05) is 6.92 Å². The molecule has 98 valence electrons. The largest absolute Gasteiger partial charge is 0.456 e. The molecule has 0 radical (unpaired) electrons. The van der Waals surface area contributed by atoms with Gasteiger partial charge in [-0.25, -0.2) is 4.39 Å². The van der Waals surface area contributed by atoms with E-state index in [1.165, 1.54) is 12.1 Å². The number of benzene rings is 2. The van der Waals surface area contributed by atoms with Gasteiger partial charge in [-0.15, -0.1) is 0 Å². The van der Waals surface area contributed by atoms with Crippen LogP contribution in [0.15, 0.2) is 36.4 Å². The van der Waals surface area contributed by atoms with Crippen molar-refractivity contribution >= 4 is 17.4 Å². The topological polar surface area (TPSA) is 59.1 Å². The molecule has 0 heterocycles. The fourth-order valence-electron chi connectivity index (χ4n) is 1.65. The number of ether oxygens (including phenoxy) is 1. The van der Waals surface area contributed by atoms with Gasteiger partial charge >= 0.3 is 0 Å². The SMILES string of the molecule is Cc1ccc(Cl)cc1Oc1cccc(F)c1C(=N)N. The number of rotatable bonds is 3. The molecule has 2 aromatic carbocycles. The minimum Gasteiger partial charge on any atom is -0.456 e. The van der Waals surface area contributed by atoms with E-state index in [0.717, 1.165) is 5.56 Å². The highest BCUT2D eigenvalue weighted by atomic mass is 35.5. The summed E-state index contributed by atoms with van der Waals surface area (Å²) < 4.78 is 19.3. The Hall–Kier alpha value is -2.07. The van der Waals surface area contributed by atoms with Crippen molar-refractivity contribution in [2.45, 2.75) is 6.92 Å². The highest BCUT2D eigenvalue weighted by Crippen LogP contribution is 2.30. The normalized spacial score (nSPS) is 10.3. The third-order valence-corrected chi connectivity index (χ3v) is 2.85. The van der Waals surface area contributed by atoms with E-state index in [0.29, 0.717) is 10.8 Å². The van der Waals surface area contributed by atoms with E-state index in [-0.39, 0.29) is 17.1 Å². The van der Waals surface area contributed by atoms with Crippen LogP contribution in [0.5, 0.6) is 11.5 Å². The zero-order valence-corrected chi connectivity index (χ0v) is 11.0. The summed E-state index contributed by atoms with van der Waals surface area (Å²) in [7, 11) is 0. The number of nitrogens with one attached hydrogen (secondary N) is 1. The van der Waals surface area contributed by atoms with E-state index in [1.54, 1.807) is 24.3 Å². The molecule has 2 rings (SSSR count). The van der Waals surface area contributed by atoms with Gasteiger partial charge in [0.25, 0.3) is 0 Å². The summed E-state index contributed by atoms with van der Waals surface area (Å²) in [5.41, 5.74) is 6.17. The molecular weight excluding hydrogens is 267 g/mol. The van der Waals surface area contributed by atoms with E-state index in [4.69, 9.17) is 27.5 Å². The molecule has 0 fully saturated rings. The van der Waals surface area contributed by atoms with Crippen molar-refractivity contribution in [2.75, 3.05) is 0 Å². The smallest absolute Gasteiger partial charge is 0.141 e. The van der Waals surface area contributed by atoms with Gasteiger partial charge in [0, 0.05) is 5.02 Å². The molecule has 0 aliphatic rings. The number of hydrogen-bond acceptors (Lipinski definition) is 2. The Labute approximate surface area is 115 Å². The lowest BCUT2D eigenvalue weighted by Gasteiger charge is -2.13. The number of nitrogen functional groups attached to an aromatic ring is 1. The highest BCUT2D eigenvalue weighted by molar-refractivity contribution is 6.30. The van der Waals surface area contributed by atoms with Gasteiger partial charge in [0.1, 0.15) is 23.2 Å². The minimum atomic E-state index is -0.593. The molecule has 0 saturated carbocycles. The quantitative estimate of drug-likeness (QED) is 0.661. The first-order valence-corrected chi connectivity index (χ1v) is 5.93. The molecule has 0 unspecified atom stereocenters. The number of halogens is 2. The van der Waals surface area contributed by atoms with Crippen molar-refractivity contribution in [1.82, 2.24) is 0 Å². The maximum absolute atomic E-state index is 13.7. The van der Waals surface area contributed by atoms with Crippen LogP contribution < -0.4 is 10.5 Å². The Bertz CT molecular complexity index is 643. The lowest BCUT2D eigenvalue weighted by Crippen LogP contribution is -2.14. The van der Waals surface area contributed by atoms with Gasteiger partial charge in [-0.2, -0.15) is 0 Å². The number of hydrogen-bond donors (Lipinski definition) is 2. The maximum Gasteiger partial charge on any atom is 0.141 e. The number of nitrogens with two attached hydrogens (primary N) is 1. The van der Waals surface area contributed by atoms with Crippen LogP contribution in [0.4, 0.5) is 4.39 Å². The molecular formula is C14H12ClFN2O. The van der Waals surface area contributed by atoms with Gasteiger partial charge in [-0.1, -0.05) is 23.7 Å². The predicted octanol–water partition coefficient (Wildman–Crippen LogP) is 3.86. The average molecular weight is 279 g/mol. The van der Waals surface area contributed by atoms with Gasteiger partial charge in [-0.05, 0) is 36.8 Å². The van der Waals surface area contributed by atoms with Gasteiger partial charge in [0.05, 0.1) is 5.56 Å². The number of amidine groups is 1. The Morgan fingerprint density at radius 2 is 2.00 bits per heavy atom. The van der Waals surface area contributed by atoms with Crippen molar-refractivity contribution in [2.24, 2.45) is 5.73 Å². The molecule has 3 N–H and O–H groups in total. The molecule has 0 spiro atoms. The molecule has 0 aromatic heterocycles. The van der Waals surface area contributed by atoms with Gasteiger partial charge in [-0.3, -0.25) is 5.41 Å². The van der Waals surface area contributed by atoms with Crippen molar-refractivity contribution in [3.63, 3.8) is 0 Å². The first kappa shape index (κ1) is 13.4. The van der Waals surface area contributed by atoms with E-state index in [9.17, 15) is 4.39 Å². The second-order valence-corrected chi connectivity index (χ2v) is 4.47. The van der Waals surface area contributed by atoms with E-state index < -0.39 is 5.82 Å². The average Bonchev–Trinajstić information content (AvgIpc) is 2.33. The maximum atomic E-state index is 13.7. The first-order valence-electron chi connectivity index (χ1n) is 5.56. The molecule has 0 bridgehead atoms. The summed E-state index contributed by atoms with van der Waals surface area (Å²) in [6, 6.07) is 9.45. The van der Waals surface area contributed by atoms with Crippen molar-refractivity contribution < 1.29 is 9.13 Å². The summed E-state index contributed by atoms with van der Waals surface area (Å²) >= 11 is 5.90. The monoisotopic (exact) mass is 278 g/mol. The molecule has 0 aliphatic carbocycles. The Kier molecular flexibility index (Phi) is 3.71. The molecule has 2 aromatic rings. The van der Waals surface area contributed by atoms with Crippen molar-refractivity contribution in [3.05, 3.63) is 58.4 Å². The van der Waals surface area contributed by atoms with Crippen LogP contribution in [0.25, 0.3) is 0 Å². The van der Waals surface area contributed by atoms with E-state index in [2.05, 4.69) is 0 Å². The number of aryl methyl sites for hydroxylation is 1. The third kappa shape index (κ3) is 2.85. The molecule has 19 heavy (non-hydrogen) atoms. The van der Waals surface area contributed by atoms with Crippen LogP contribution in [-0.2, 0) is 0 Å². The summed E-state index contributed by atoms with van der Waals surface area (Å²) in [4.78, 5) is 0. The van der Waals surface area contributed by atoms with Crippen LogP contribution in [-0.4, -0.2) is 5.84 Å². The predicted molar refractivity (Wildman–Crippen MR) is 73.7 cm³/mol. The van der Waals surface area contributed by atoms with Gasteiger partial charge < -0.3 is 10.5 Å². The van der Waals surface area contributed by atoms with Gasteiger partial charge in [0.2, 0.25) is 0 Å². The molecule has 5 heteroatoms. The molecule has 0 amide bonds. The standard InChI is InChI=1S/C14H12ClFN2O/c1-8-5-6-9(15)7-12(8)19-11-4-2-3-10(16)13(11)14(17)18/h2-7H,1H3,(H3,17,18). The Morgan fingerprint density at radius 3 is 2.68 bits per heavy atom. The lowest BCUT2D eigenvalue weighted by atomic mass is 10.1. The van der Waals surface area contributed by atoms with Gasteiger partial charge in [0.15, 0.2) is 0 Å². The second-order valence-electron chi connectivity index (χ2n) is 4.04. The fraction of sp³-hybridized carbons (Fsp3) is 0.0714. The third-order valence-electron chi connectivity index (χ3n) is 2.61.